The van der Waals surface area contributed by atoms with E-state index in [-0.39, 0.29) is 5.97 Å². The summed E-state index contributed by atoms with van der Waals surface area (Å²) >= 11 is 0. The van der Waals surface area contributed by atoms with Gasteiger partial charge in [-0.15, -0.1) is 0 Å². The van der Waals surface area contributed by atoms with Gasteiger partial charge in [0.05, 0.1) is 23.5 Å². The Morgan fingerprint density at radius 2 is 2.20 bits per heavy atom. The first kappa shape index (κ1) is 13.3. The van der Waals surface area contributed by atoms with Crippen molar-refractivity contribution >= 4 is 17.3 Å². The summed E-state index contributed by atoms with van der Waals surface area (Å²) in [6, 6.07) is 5.38. The quantitative estimate of drug-likeness (QED) is 0.618. The number of nitrogens with two attached hydrogens (primary N) is 1. The highest BCUT2D eigenvalue weighted by Crippen LogP contribution is 2.61. The molecule has 0 heterocycles. The molecule has 4 nitrogen and oxygen atoms in total. The van der Waals surface area contributed by atoms with E-state index in [2.05, 4.69) is 5.32 Å². The van der Waals surface area contributed by atoms with Crippen LogP contribution in [0.2, 0.25) is 0 Å². The predicted octanol–water partition coefficient (Wildman–Crippen LogP) is 3.05. The minimum Gasteiger partial charge on any atom is -0.462 e. The fourth-order valence-corrected chi connectivity index (χ4v) is 3.00. The van der Waals surface area contributed by atoms with Crippen LogP contribution in [0.5, 0.6) is 0 Å². The van der Waals surface area contributed by atoms with E-state index in [1.165, 1.54) is 25.7 Å². The molecule has 0 aliphatic heterocycles. The molecule has 0 atom stereocenters. The lowest BCUT2D eigenvalue weighted by atomic mass is 10.00. The van der Waals surface area contributed by atoms with E-state index in [0.29, 0.717) is 23.3 Å². The zero-order valence-corrected chi connectivity index (χ0v) is 11.9. The Labute approximate surface area is 119 Å². The van der Waals surface area contributed by atoms with Crippen LogP contribution in [0.1, 0.15) is 43.0 Å². The van der Waals surface area contributed by atoms with Gasteiger partial charge in [0, 0.05) is 6.54 Å². The van der Waals surface area contributed by atoms with Gasteiger partial charge in [-0.1, -0.05) is 6.07 Å². The van der Waals surface area contributed by atoms with Gasteiger partial charge in [-0.25, -0.2) is 4.79 Å². The summed E-state index contributed by atoms with van der Waals surface area (Å²) in [5.74, 6) is 0.574. The molecule has 2 aliphatic carbocycles. The molecule has 108 valence electrons. The molecular weight excluding hydrogens is 252 g/mol. The highest BCUT2D eigenvalue weighted by atomic mass is 16.5. The highest BCUT2D eigenvalue weighted by molar-refractivity contribution is 5.98. The maximum Gasteiger partial charge on any atom is 0.340 e. The van der Waals surface area contributed by atoms with Crippen LogP contribution in [0, 0.1) is 11.3 Å². The molecule has 20 heavy (non-hydrogen) atoms. The van der Waals surface area contributed by atoms with Gasteiger partial charge in [-0.3, -0.25) is 0 Å². The molecule has 0 unspecified atom stereocenters. The number of esters is 1. The maximum absolute atomic E-state index is 12.0. The predicted molar refractivity (Wildman–Crippen MR) is 79.7 cm³/mol. The molecule has 3 rings (SSSR count). The number of benzene rings is 1. The first-order valence-electron chi connectivity index (χ1n) is 7.46. The number of hydrogen-bond acceptors (Lipinski definition) is 4. The number of rotatable bonds is 6. The third-order valence-corrected chi connectivity index (χ3v) is 4.54. The van der Waals surface area contributed by atoms with Crippen molar-refractivity contribution in [2.75, 3.05) is 24.2 Å². The van der Waals surface area contributed by atoms with E-state index in [0.717, 1.165) is 18.2 Å². The third-order valence-electron chi connectivity index (χ3n) is 4.54. The molecule has 1 aromatic carbocycles. The SMILES string of the molecule is CCOC(=O)c1cccc(N)c1NCC1(C2CC2)CC1. The minimum atomic E-state index is -0.307. The summed E-state index contributed by atoms with van der Waals surface area (Å²) in [6.45, 7) is 3.10. The monoisotopic (exact) mass is 274 g/mol. The number of nitrogens with one attached hydrogen (secondary N) is 1. The number of carbonyl (C=O) groups is 1. The lowest BCUT2D eigenvalue weighted by Crippen LogP contribution is -2.20. The summed E-state index contributed by atoms with van der Waals surface area (Å²) in [5, 5.41) is 3.42. The molecule has 1 aromatic rings. The number of carbonyl (C=O) groups excluding carboxylic acids is 1. The molecule has 3 N–H and O–H groups in total. The van der Waals surface area contributed by atoms with Crippen molar-refractivity contribution in [1.82, 2.24) is 0 Å². The summed E-state index contributed by atoms with van der Waals surface area (Å²) in [4.78, 5) is 12.0. The molecule has 0 bridgehead atoms. The second-order valence-corrected chi connectivity index (χ2v) is 5.98. The van der Waals surface area contributed by atoms with E-state index < -0.39 is 0 Å². The fraction of sp³-hybridized carbons (Fsp3) is 0.562. The van der Waals surface area contributed by atoms with Crippen LogP contribution in [-0.4, -0.2) is 19.1 Å². The lowest BCUT2D eigenvalue weighted by molar-refractivity contribution is 0.0527. The first-order valence-corrected chi connectivity index (χ1v) is 7.46. The number of anilines is 2. The van der Waals surface area contributed by atoms with Gasteiger partial charge in [0.1, 0.15) is 0 Å². The summed E-state index contributed by atoms with van der Waals surface area (Å²) in [7, 11) is 0. The Bertz CT molecular complexity index is 519. The molecule has 2 fully saturated rings. The van der Waals surface area contributed by atoms with Crippen LogP contribution in [0.15, 0.2) is 18.2 Å². The Morgan fingerprint density at radius 1 is 1.45 bits per heavy atom. The number of hydrogen-bond donors (Lipinski definition) is 2. The van der Waals surface area contributed by atoms with Gasteiger partial charge in [0.25, 0.3) is 0 Å². The minimum absolute atomic E-state index is 0.307. The summed E-state index contributed by atoms with van der Waals surface area (Å²) in [6.07, 6.45) is 5.31. The average molecular weight is 274 g/mol. The van der Waals surface area contributed by atoms with Crippen LogP contribution < -0.4 is 11.1 Å². The lowest BCUT2D eigenvalue weighted by Gasteiger charge is -2.19. The topological polar surface area (TPSA) is 64.3 Å². The van der Waals surface area contributed by atoms with Crippen molar-refractivity contribution in [1.29, 1.82) is 0 Å². The summed E-state index contributed by atoms with van der Waals surface area (Å²) < 4.78 is 5.10. The van der Waals surface area contributed by atoms with E-state index >= 15 is 0 Å². The molecule has 4 heteroatoms. The molecule has 0 radical (unpaired) electrons. The number of ether oxygens (including phenoxy) is 1. The molecule has 0 amide bonds. The molecule has 0 saturated heterocycles. The molecule has 0 spiro atoms. The van der Waals surface area contributed by atoms with Crippen LogP contribution >= 0.6 is 0 Å². The third kappa shape index (κ3) is 2.47. The van der Waals surface area contributed by atoms with Crippen LogP contribution in [0.25, 0.3) is 0 Å². The Morgan fingerprint density at radius 3 is 2.80 bits per heavy atom. The van der Waals surface area contributed by atoms with Gasteiger partial charge in [0.2, 0.25) is 0 Å². The van der Waals surface area contributed by atoms with E-state index in [1.807, 2.05) is 13.0 Å². The molecule has 2 aliphatic rings. The Hall–Kier alpha value is -1.71. The number of nitrogen functional groups attached to an aromatic ring is 1. The Balaban J connectivity index is 1.75. The number of para-hydroxylation sites is 1. The van der Waals surface area contributed by atoms with Crippen LogP contribution in [0.4, 0.5) is 11.4 Å². The van der Waals surface area contributed by atoms with Gasteiger partial charge < -0.3 is 15.8 Å². The average Bonchev–Trinajstić information content (AvgIpc) is 3.29. The van der Waals surface area contributed by atoms with Crippen LogP contribution in [0.3, 0.4) is 0 Å². The molecule has 2 saturated carbocycles. The largest absolute Gasteiger partial charge is 0.462 e. The van der Waals surface area contributed by atoms with Crippen molar-refractivity contribution in [3.8, 4) is 0 Å². The van der Waals surface area contributed by atoms with Gasteiger partial charge in [0.15, 0.2) is 0 Å². The molecular formula is C16H22N2O2. The Kier molecular flexibility index (Phi) is 3.32. The van der Waals surface area contributed by atoms with Crippen molar-refractivity contribution in [3.05, 3.63) is 23.8 Å². The van der Waals surface area contributed by atoms with E-state index in [9.17, 15) is 4.79 Å². The first-order chi connectivity index (χ1) is 9.66. The van der Waals surface area contributed by atoms with E-state index in [4.69, 9.17) is 10.5 Å². The second kappa shape index (κ2) is 5.00. The normalized spacial score (nSPS) is 19.4. The van der Waals surface area contributed by atoms with Gasteiger partial charge in [-0.05, 0) is 56.1 Å². The van der Waals surface area contributed by atoms with Gasteiger partial charge >= 0.3 is 5.97 Å². The highest BCUT2D eigenvalue weighted by Gasteiger charge is 2.53. The van der Waals surface area contributed by atoms with Crippen molar-refractivity contribution in [3.63, 3.8) is 0 Å². The second-order valence-electron chi connectivity index (χ2n) is 5.98. The van der Waals surface area contributed by atoms with Gasteiger partial charge in [-0.2, -0.15) is 0 Å². The zero-order valence-electron chi connectivity index (χ0n) is 11.9. The smallest absolute Gasteiger partial charge is 0.340 e. The van der Waals surface area contributed by atoms with Crippen molar-refractivity contribution in [2.45, 2.75) is 32.6 Å². The maximum atomic E-state index is 12.0. The van der Waals surface area contributed by atoms with Crippen LogP contribution in [-0.2, 0) is 4.74 Å². The molecule has 0 aromatic heterocycles. The summed E-state index contributed by atoms with van der Waals surface area (Å²) in [5.41, 5.74) is 8.38. The van der Waals surface area contributed by atoms with E-state index in [1.54, 1.807) is 12.1 Å². The van der Waals surface area contributed by atoms with Crippen molar-refractivity contribution in [2.24, 2.45) is 11.3 Å². The zero-order chi connectivity index (χ0) is 14.2. The standard InChI is InChI=1S/C16H22N2O2/c1-2-20-15(19)12-4-3-5-13(17)14(12)18-10-16(8-9-16)11-6-7-11/h3-5,11,18H,2,6-10,17H2,1H3. The fourth-order valence-electron chi connectivity index (χ4n) is 3.00. The van der Waals surface area contributed by atoms with Crippen molar-refractivity contribution < 1.29 is 9.53 Å².